The molecule has 16 heteroatoms. The first-order chi connectivity index (χ1) is 27.8. The fourth-order valence-electron chi connectivity index (χ4n) is 6.94. The van der Waals surface area contributed by atoms with Crippen LogP contribution in [0.25, 0.3) is 10.9 Å². The molecule has 0 bridgehead atoms. The summed E-state index contributed by atoms with van der Waals surface area (Å²) in [5.74, 6) is -2.18. The highest BCUT2D eigenvalue weighted by Gasteiger charge is 2.46. The van der Waals surface area contributed by atoms with E-state index in [0.29, 0.717) is 92.4 Å². The highest BCUT2D eigenvalue weighted by molar-refractivity contribution is 6.38. The van der Waals surface area contributed by atoms with Gasteiger partial charge >= 0.3 is 0 Å². The molecule has 14 nitrogen and oxygen atoms in total. The van der Waals surface area contributed by atoms with Gasteiger partial charge in [0.15, 0.2) is 0 Å². The number of nitrogens with one attached hydrogen (secondary N) is 4. The lowest BCUT2D eigenvalue weighted by molar-refractivity contribution is -0.138. The first-order valence-corrected chi connectivity index (χ1v) is 20.7. The van der Waals surface area contributed by atoms with Crippen molar-refractivity contribution < 1.29 is 42.9 Å². The van der Waals surface area contributed by atoms with Crippen LogP contribution in [0.2, 0.25) is 10.0 Å². The third-order valence-corrected chi connectivity index (χ3v) is 11.2. The molecular formula is C42H59Cl2N5O9. The molecule has 1 aliphatic rings. The maximum atomic E-state index is 14.5. The van der Waals surface area contributed by atoms with Gasteiger partial charge in [-0.15, -0.1) is 0 Å². The molecule has 1 heterocycles. The number of halogens is 2. The third-order valence-electron chi connectivity index (χ3n) is 10.7. The van der Waals surface area contributed by atoms with E-state index in [1.165, 1.54) is 0 Å². The van der Waals surface area contributed by atoms with Crippen molar-refractivity contribution in [1.82, 2.24) is 20.9 Å². The molecule has 1 aliphatic carbocycles. The van der Waals surface area contributed by atoms with Gasteiger partial charge in [0.05, 0.1) is 63.2 Å². The van der Waals surface area contributed by atoms with E-state index < -0.39 is 41.3 Å². The number of fused-ring (bicyclic) bond motifs is 3. The fourth-order valence-corrected chi connectivity index (χ4v) is 7.48. The van der Waals surface area contributed by atoms with Crippen molar-refractivity contribution in [3.63, 3.8) is 0 Å². The number of benzene rings is 2. The monoisotopic (exact) mass is 847 g/mol. The number of rotatable bonds is 25. The van der Waals surface area contributed by atoms with Gasteiger partial charge < -0.3 is 50.4 Å². The summed E-state index contributed by atoms with van der Waals surface area (Å²) >= 11 is 13.0. The number of carbonyl (C=O) groups is 4. The van der Waals surface area contributed by atoms with Crippen molar-refractivity contribution >= 4 is 57.7 Å². The Morgan fingerprint density at radius 3 is 2.12 bits per heavy atom. The molecule has 0 aliphatic heterocycles. The molecule has 6 N–H and O–H groups in total. The number of aromatic nitrogens is 1. The van der Waals surface area contributed by atoms with E-state index in [4.69, 9.17) is 52.6 Å². The van der Waals surface area contributed by atoms with Crippen molar-refractivity contribution in [3.8, 4) is 5.75 Å². The molecule has 0 spiro atoms. The number of nitrogens with two attached hydrogens (primary N) is 1. The third kappa shape index (κ3) is 12.8. The summed E-state index contributed by atoms with van der Waals surface area (Å²) in [6.45, 7) is 10.9. The molecule has 0 radical (unpaired) electrons. The van der Waals surface area contributed by atoms with E-state index in [-0.39, 0.29) is 37.7 Å². The number of H-pyrrole nitrogens is 1. The Morgan fingerprint density at radius 2 is 1.48 bits per heavy atom. The van der Waals surface area contributed by atoms with Gasteiger partial charge in [-0.05, 0) is 48.4 Å². The number of hydrogen-bond acceptors (Lipinski definition) is 9. The Kier molecular flexibility index (Phi) is 18.6. The number of primary amides is 1. The van der Waals surface area contributed by atoms with Crippen LogP contribution in [0.15, 0.2) is 36.4 Å². The van der Waals surface area contributed by atoms with Crippen LogP contribution in [0.4, 0.5) is 0 Å². The molecule has 0 saturated heterocycles. The SMILES string of the molecule is CCC(C)[C@H](NC(=O)Cc1ccccc1OCCOCCOCCOCCOC)C(=O)N[C@]1(C(=O)NC(C(N)=O)[C@@H](C)CC)CCc2[nH]c3c(Cl)cc(Cl)cc3c2C1. The van der Waals surface area contributed by atoms with E-state index in [1.807, 2.05) is 39.8 Å². The Morgan fingerprint density at radius 1 is 0.862 bits per heavy atom. The number of aromatic amines is 1. The van der Waals surface area contributed by atoms with Gasteiger partial charge in [-0.25, -0.2) is 0 Å². The van der Waals surface area contributed by atoms with Gasteiger partial charge in [0.2, 0.25) is 23.6 Å². The topological polar surface area (TPSA) is 192 Å². The summed E-state index contributed by atoms with van der Waals surface area (Å²) < 4.78 is 27.4. The van der Waals surface area contributed by atoms with Crippen LogP contribution in [-0.2, 0) is 57.4 Å². The smallest absolute Gasteiger partial charge is 0.246 e. The molecule has 1 aromatic heterocycles. The van der Waals surface area contributed by atoms with Gasteiger partial charge in [-0.1, -0.05) is 81.9 Å². The molecule has 58 heavy (non-hydrogen) atoms. The number of methoxy groups -OCH3 is 1. The van der Waals surface area contributed by atoms with Crippen LogP contribution in [0.1, 0.15) is 63.8 Å². The number of amides is 4. The Labute approximate surface area is 350 Å². The number of ether oxygens (including phenoxy) is 5. The maximum Gasteiger partial charge on any atom is 0.246 e. The van der Waals surface area contributed by atoms with E-state index in [1.54, 1.807) is 31.4 Å². The number of hydrogen-bond donors (Lipinski definition) is 5. The van der Waals surface area contributed by atoms with Gasteiger partial charge in [0.25, 0.3) is 0 Å². The molecule has 2 unspecified atom stereocenters. The predicted molar refractivity (Wildman–Crippen MR) is 223 cm³/mol. The fraction of sp³-hybridized carbons (Fsp3) is 0.571. The minimum atomic E-state index is -1.50. The number of carbonyl (C=O) groups excluding carboxylic acids is 4. The largest absolute Gasteiger partial charge is 0.491 e. The summed E-state index contributed by atoms with van der Waals surface area (Å²) in [5.41, 5.74) is 7.22. The predicted octanol–water partition coefficient (Wildman–Crippen LogP) is 4.68. The van der Waals surface area contributed by atoms with Crippen LogP contribution in [0.5, 0.6) is 5.75 Å². The lowest BCUT2D eigenvalue weighted by atomic mass is 9.78. The minimum absolute atomic E-state index is 0.0570. The zero-order valence-electron chi connectivity index (χ0n) is 34.2. The zero-order valence-corrected chi connectivity index (χ0v) is 35.7. The van der Waals surface area contributed by atoms with Gasteiger partial charge in [-0.3, -0.25) is 19.2 Å². The second-order valence-electron chi connectivity index (χ2n) is 14.8. The Bertz CT molecular complexity index is 1840. The Balaban J connectivity index is 1.45. The minimum Gasteiger partial charge on any atom is -0.491 e. The molecule has 5 atom stereocenters. The average Bonchev–Trinajstić information content (AvgIpc) is 3.56. The second kappa shape index (κ2) is 23.0. The quantitative estimate of drug-likeness (QED) is 0.0754. The van der Waals surface area contributed by atoms with E-state index in [0.717, 1.165) is 16.6 Å². The van der Waals surface area contributed by atoms with Crippen LogP contribution >= 0.6 is 23.2 Å². The summed E-state index contributed by atoms with van der Waals surface area (Å²) in [6.07, 6.45) is 1.76. The molecule has 320 valence electrons. The van der Waals surface area contributed by atoms with E-state index >= 15 is 0 Å². The van der Waals surface area contributed by atoms with E-state index in [2.05, 4.69) is 20.9 Å². The molecule has 3 aromatic rings. The van der Waals surface area contributed by atoms with Crippen molar-refractivity contribution in [2.45, 2.75) is 83.8 Å². The van der Waals surface area contributed by atoms with Crippen LogP contribution < -0.4 is 26.4 Å². The summed E-state index contributed by atoms with van der Waals surface area (Å²) in [4.78, 5) is 58.5. The molecule has 4 amide bonds. The highest BCUT2D eigenvalue weighted by atomic mass is 35.5. The lowest BCUT2D eigenvalue weighted by Crippen LogP contribution is -2.67. The van der Waals surface area contributed by atoms with Gasteiger partial charge in [0, 0.05) is 35.2 Å². The van der Waals surface area contributed by atoms with Crippen molar-refractivity contribution in [2.75, 3.05) is 60.0 Å². The second-order valence-corrected chi connectivity index (χ2v) is 15.6. The molecule has 2 aromatic carbocycles. The van der Waals surface area contributed by atoms with Crippen LogP contribution in [-0.4, -0.2) is 106 Å². The molecule has 0 saturated carbocycles. The summed E-state index contributed by atoms with van der Waals surface area (Å²) in [5, 5.41) is 10.5. The van der Waals surface area contributed by atoms with Crippen molar-refractivity contribution in [2.24, 2.45) is 17.6 Å². The normalized spacial score (nSPS) is 17.2. The molecular weight excluding hydrogens is 789 g/mol. The van der Waals surface area contributed by atoms with E-state index in [9.17, 15) is 19.2 Å². The van der Waals surface area contributed by atoms with Crippen molar-refractivity contribution in [1.29, 1.82) is 0 Å². The first kappa shape index (κ1) is 46.8. The first-order valence-electron chi connectivity index (χ1n) is 20.0. The Hall–Kier alpha value is -3.92. The average molecular weight is 849 g/mol. The lowest BCUT2D eigenvalue weighted by Gasteiger charge is -2.39. The van der Waals surface area contributed by atoms with Gasteiger partial charge in [0.1, 0.15) is 30.0 Å². The van der Waals surface area contributed by atoms with Crippen LogP contribution in [0, 0.1) is 11.8 Å². The number of aryl methyl sites for hydroxylation is 1. The zero-order chi connectivity index (χ0) is 42.2. The summed E-state index contributed by atoms with van der Waals surface area (Å²) in [7, 11) is 1.62. The van der Waals surface area contributed by atoms with Gasteiger partial charge in [-0.2, -0.15) is 0 Å². The van der Waals surface area contributed by atoms with Crippen LogP contribution in [0.3, 0.4) is 0 Å². The highest BCUT2D eigenvalue weighted by Crippen LogP contribution is 2.38. The summed E-state index contributed by atoms with van der Waals surface area (Å²) in [6, 6.07) is 8.66. The standard InChI is InChI=1S/C42H59Cl2N5O9/c1-6-26(3)36(39(45)51)48-41(53)42(13-12-33-31(25-42)30-23-29(43)24-32(44)38(30)46-33)49-40(52)37(27(4)7-2)47-35(50)22-28-10-8-9-11-34(28)58-21-20-57-19-18-56-17-16-55-15-14-54-5/h8-11,23-24,26-27,36-37,46H,6-7,12-22,25H2,1-5H3,(H2,45,51)(H,47,50)(H,48,53)(H,49,52)/t26-,27?,36?,37-,42+/m0/s1. The number of para-hydroxylation sites is 1. The van der Waals surface area contributed by atoms with Crippen molar-refractivity contribution in [3.05, 3.63) is 63.3 Å². The molecule has 0 fully saturated rings. The molecule has 4 rings (SSSR count). The maximum absolute atomic E-state index is 14.5.